The minimum Gasteiger partial charge on any atom is -0.373 e. The fourth-order valence-corrected chi connectivity index (χ4v) is 1.89. The number of hydrogen-bond donors (Lipinski definition) is 1. The molecule has 3 heteroatoms. The molecule has 0 radical (unpaired) electrons. The molecule has 3 nitrogen and oxygen atoms in total. The summed E-state index contributed by atoms with van der Waals surface area (Å²) < 4.78 is 5.72. The van der Waals surface area contributed by atoms with Gasteiger partial charge in [0.05, 0.1) is 18.2 Å². The zero-order valence-electron chi connectivity index (χ0n) is 8.39. The zero-order chi connectivity index (χ0) is 9.97. The molecular formula is C11H16N2O. The van der Waals surface area contributed by atoms with Crippen LogP contribution in [0.1, 0.15) is 31.4 Å². The Labute approximate surface area is 84.3 Å². The van der Waals surface area contributed by atoms with Crippen LogP contribution in [-0.4, -0.2) is 17.2 Å². The van der Waals surface area contributed by atoms with Gasteiger partial charge in [-0.3, -0.25) is 4.98 Å². The summed E-state index contributed by atoms with van der Waals surface area (Å²) in [4.78, 5) is 4.06. The molecule has 1 aliphatic rings. The number of aromatic nitrogens is 1. The predicted molar refractivity (Wildman–Crippen MR) is 54.7 cm³/mol. The smallest absolute Gasteiger partial charge is 0.0772 e. The lowest BCUT2D eigenvalue weighted by molar-refractivity contribution is 0.0401. The Hall–Kier alpha value is -0.930. The summed E-state index contributed by atoms with van der Waals surface area (Å²) in [5.74, 6) is 0. The fourth-order valence-electron chi connectivity index (χ4n) is 1.89. The molecule has 14 heavy (non-hydrogen) atoms. The Kier molecular flexibility index (Phi) is 2.79. The molecule has 0 aliphatic carbocycles. The zero-order valence-corrected chi connectivity index (χ0v) is 8.39. The standard InChI is InChI=1S/C11H16N2O/c1-8-4-5-10(14-8)11(12)9-3-2-6-13-7-9/h2-3,6-8,10-11H,4-5,12H2,1H3. The van der Waals surface area contributed by atoms with E-state index in [2.05, 4.69) is 11.9 Å². The normalized spacial score (nSPS) is 29.0. The van der Waals surface area contributed by atoms with Crippen molar-refractivity contribution in [1.29, 1.82) is 0 Å². The van der Waals surface area contributed by atoms with Gasteiger partial charge in [-0.25, -0.2) is 0 Å². The van der Waals surface area contributed by atoms with E-state index in [1.807, 2.05) is 18.3 Å². The van der Waals surface area contributed by atoms with Gasteiger partial charge in [0.1, 0.15) is 0 Å². The molecule has 0 amide bonds. The second kappa shape index (κ2) is 4.07. The number of pyridine rings is 1. The molecule has 1 aliphatic heterocycles. The van der Waals surface area contributed by atoms with Gasteiger partial charge in [-0.05, 0) is 31.4 Å². The van der Waals surface area contributed by atoms with Gasteiger partial charge in [0.2, 0.25) is 0 Å². The Morgan fingerprint density at radius 2 is 2.43 bits per heavy atom. The van der Waals surface area contributed by atoms with Crippen molar-refractivity contribution >= 4 is 0 Å². The summed E-state index contributed by atoms with van der Waals surface area (Å²) in [6.07, 6.45) is 6.25. The van der Waals surface area contributed by atoms with E-state index in [9.17, 15) is 0 Å². The third kappa shape index (κ3) is 1.94. The van der Waals surface area contributed by atoms with Crippen LogP contribution in [0, 0.1) is 0 Å². The molecule has 1 aromatic heterocycles. The minimum absolute atomic E-state index is 0.0337. The van der Waals surface area contributed by atoms with Crippen molar-refractivity contribution in [2.75, 3.05) is 0 Å². The Morgan fingerprint density at radius 1 is 1.57 bits per heavy atom. The molecule has 0 bridgehead atoms. The first-order valence-corrected chi connectivity index (χ1v) is 5.08. The quantitative estimate of drug-likeness (QED) is 0.775. The van der Waals surface area contributed by atoms with Crippen LogP contribution in [-0.2, 0) is 4.74 Å². The molecule has 0 saturated carbocycles. The van der Waals surface area contributed by atoms with Gasteiger partial charge in [0.25, 0.3) is 0 Å². The number of ether oxygens (including phenoxy) is 1. The van der Waals surface area contributed by atoms with E-state index in [-0.39, 0.29) is 12.1 Å². The first kappa shape index (κ1) is 9.62. The van der Waals surface area contributed by atoms with Crippen molar-refractivity contribution in [3.05, 3.63) is 30.1 Å². The summed E-state index contributed by atoms with van der Waals surface area (Å²) >= 11 is 0. The van der Waals surface area contributed by atoms with Crippen molar-refractivity contribution in [3.63, 3.8) is 0 Å². The summed E-state index contributed by atoms with van der Waals surface area (Å²) in [7, 11) is 0. The maximum Gasteiger partial charge on any atom is 0.0772 e. The Balaban J connectivity index is 2.05. The highest BCUT2D eigenvalue weighted by atomic mass is 16.5. The maximum atomic E-state index is 6.10. The van der Waals surface area contributed by atoms with E-state index in [0.29, 0.717) is 6.10 Å². The van der Waals surface area contributed by atoms with Crippen LogP contribution >= 0.6 is 0 Å². The molecule has 3 atom stereocenters. The molecule has 0 aromatic carbocycles. The second-order valence-corrected chi connectivity index (χ2v) is 3.87. The average molecular weight is 192 g/mol. The third-order valence-corrected chi connectivity index (χ3v) is 2.73. The van der Waals surface area contributed by atoms with Crippen molar-refractivity contribution < 1.29 is 4.74 Å². The van der Waals surface area contributed by atoms with Crippen molar-refractivity contribution in [2.45, 2.75) is 38.0 Å². The molecule has 1 aromatic rings. The maximum absolute atomic E-state index is 6.10. The van der Waals surface area contributed by atoms with Gasteiger partial charge in [-0.2, -0.15) is 0 Å². The average Bonchev–Trinajstić information content (AvgIpc) is 2.65. The van der Waals surface area contributed by atoms with Crippen molar-refractivity contribution in [3.8, 4) is 0 Å². The van der Waals surface area contributed by atoms with E-state index in [0.717, 1.165) is 18.4 Å². The van der Waals surface area contributed by atoms with Crippen LogP contribution in [0.4, 0.5) is 0 Å². The van der Waals surface area contributed by atoms with Crippen molar-refractivity contribution in [2.24, 2.45) is 5.73 Å². The van der Waals surface area contributed by atoms with Crippen LogP contribution in [0.5, 0.6) is 0 Å². The van der Waals surface area contributed by atoms with E-state index >= 15 is 0 Å². The number of nitrogens with zero attached hydrogens (tertiary/aromatic N) is 1. The Morgan fingerprint density at radius 3 is 3.00 bits per heavy atom. The first-order valence-electron chi connectivity index (χ1n) is 5.08. The number of rotatable bonds is 2. The molecule has 2 rings (SSSR count). The summed E-state index contributed by atoms with van der Waals surface area (Å²) in [6, 6.07) is 3.88. The molecule has 1 fully saturated rings. The fraction of sp³-hybridized carbons (Fsp3) is 0.545. The van der Waals surface area contributed by atoms with Crippen LogP contribution in [0.25, 0.3) is 0 Å². The summed E-state index contributed by atoms with van der Waals surface area (Å²) in [5, 5.41) is 0. The molecule has 0 spiro atoms. The monoisotopic (exact) mass is 192 g/mol. The highest BCUT2D eigenvalue weighted by Crippen LogP contribution is 2.27. The first-order chi connectivity index (χ1) is 6.77. The van der Waals surface area contributed by atoms with Gasteiger partial charge in [-0.15, -0.1) is 0 Å². The molecular weight excluding hydrogens is 176 g/mol. The van der Waals surface area contributed by atoms with Crippen LogP contribution in [0.3, 0.4) is 0 Å². The largest absolute Gasteiger partial charge is 0.373 e. The lowest BCUT2D eigenvalue weighted by Crippen LogP contribution is -2.26. The number of hydrogen-bond acceptors (Lipinski definition) is 3. The third-order valence-electron chi connectivity index (χ3n) is 2.73. The van der Waals surface area contributed by atoms with Gasteiger partial charge >= 0.3 is 0 Å². The predicted octanol–water partition coefficient (Wildman–Crippen LogP) is 1.65. The SMILES string of the molecule is CC1CCC(C(N)c2cccnc2)O1. The highest BCUT2D eigenvalue weighted by molar-refractivity contribution is 5.15. The van der Waals surface area contributed by atoms with Crippen LogP contribution in [0.15, 0.2) is 24.5 Å². The molecule has 2 heterocycles. The number of nitrogens with two attached hydrogens (primary N) is 1. The van der Waals surface area contributed by atoms with E-state index in [4.69, 9.17) is 10.5 Å². The van der Waals surface area contributed by atoms with Gasteiger partial charge in [0, 0.05) is 12.4 Å². The molecule has 2 N–H and O–H groups in total. The van der Waals surface area contributed by atoms with E-state index in [1.54, 1.807) is 6.20 Å². The lowest BCUT2D eigenvalue weighted by Gasteiger charge is -2.19. The topological polar surface area (TPSA) is 48.1 Å². The van der Waals surface area contributed by atoms with E-state index in [1.165, 1.54) is 0 Å². The summed E-state index contributed by atoms with van der Waals surface area (Å²) in [5.41, 5.74) is 7.16. The highest BCUT2D eigenvalue weighted by Gasteiger charge is 2.28. The van der Waals surface area contributed by atoms with Gasteiger partial charge < -0.3 is 10.5 Å². The molecule has 1 saturated heterocycles. The molecule has 3 unspecified atom stereocenters. The van der Waals surface area contributed by atoms with Crippen LogP contribution in [0.2, 0.25) is 0 Å². The summed E-state index contributed by atoms with van der Waals surface area (Å²) in [6.45, 7) is 2.09. The van der Waals surface area contributed by atoms with E-state index < -0.39 is 0 Å². The van der Waals surface area contributed by atoms with Gasteiger partial charge in [-0.1, -0.05) is 6.07 Å². The minimum atomic E-state index is -0.0337. The lowest BCUT2D eigenvalue weighted by atomic mass is 10.0. The molecule has 76 valence electrons. The van der Waals surface area contributed by atoms with Crippen LogP contribution < -0.4 is 5.73 Å². The Bertz CT molecular complexity index is 289. The van der Waals surface area contributed by atoms with Gasteiger partial charge in [0.15, 0.2) is 0 Å². The van der Waals surface area contributed by atoms with Crippen molar-refractivity contribution in [1.82, 2.24) is 4.98 Å². The second-order valence-electron chi connectivity index (χ2n) is 3.87.